The highest BCUT2D eigenvalue weighted by Crippen LogP contribution is 2.11. The second kappa shape index (κ2) is 4.12. The van der Waals surface area contributed by atoms with Crippen molar-refractivity contribution in [2.45, 2.75) is 12.5 Å². The van der Waals surface area contributed by atoms with Gasteiger partial charge in [-0.25, -0.2) is 9.97 Å². The lowest BCUT2D eigenvalue weighted by atomic mass is 10.3. The van der Waals surface area contributed by atoms with Crippen LogP contribution < -0.4 is 5.73 Å². The van der Waals surface area contributed by atoms with E-state index in [4.69, 9.17) is 17.3 Å². The maximum atomic E-state index is 11.8. The largest absolute Gasteiger partial charge is 0.336 e. The van der Waals surface area contributed by atoms with Gasteiger partial charge in [0, 0.05) is 19.1 Å². The number of likely N-dealkylation sites (tertiary alicyclic amines) is 1. The molecule has 1 amide bonds. The standard InChI is InChI=1S/C9H11ClN4O/c10-8-4-12-7(3-13-8)9(15)14-2-1-6(11)5-14/h3-4,6H,1-2,5,11H2. The molecule has 1 aliphatic rings. The van der Waals surface area contributed by atoms with Crippen LogP contribution in [0.25, 0.3) is 0 Å². The van der Waals surface area contributed by atoms with Gasteiger partial charge in [-0.1, -0.05) is 11.6 Å². The minimum atomic E-state index is -0.132. The van der Waals surface area contributed by atoms with Crippen LogP contribution in [-0.2, 0) is 0 Å². The number of rotatable bonds is 1. The predicted octanol–water partition coefficient (Wildman–Crippen LogP) is 0.303. The lowest BCUT2D eigenvalue weighted by Gasteiger charge is -2.14. The van der Waals surface area contributed by atoms with Gasteiger partial charge in [-0.15, -0.1) is 0 Å². The molecular weight excluding hydrogens is 216 g/mol. The number of halogens is 1. The van der Waals surface area contributed by atoms with Crippen LogP contribution >= 0.6 is 11.6 Å². The van der Waals surface area contributed by atoms with Crippen molar-refractivity contribution in [2.75, 3.05) is 13.1 Å². The van der Waals surface area contributed by atoms with Crippen molar-refractivity contribution in [3.8, 4) is 0 Å². The predicted molar refractivity (Wildman–Crippen MR) is 55.5 cm³/mol. The van der Waals surface area contributed by atoms with Gasteiger partial charge >= 0.3 is 0 Å². The van der Waals surface area contributed by atoms with Crippen LogP contribution in [0, 0.1) is 0 Å². The number of nitrogens with two attached hydrogens (primary N) is 1. The van der Waals surface area contributed by atoms with Crippen molar-refractivity contribution in [1.29, 1.82) is 0 Å². The first-order valence-electron chi connectivity index (χ1n) is 4.69. The summed E-state index contributed by atoms with van der Waals surface area (Å²) in [6.45, 7) is 1.27. The van der Waals surface area contributed by atoms with Crippen LogP contribution in [0.15, 0.2) is 12.4 Å². The zero-order chi connectivity index (χ0) is 10.8. The van der Waals surface area contributed by atoms with Crippen LogP contribution in [0.2, 0.25) is 5.15 Å². The molecular formula is C9H11ClN4O. The summed E-state index contributed by atoms with van der Waals surface area (Å²) in [4.78, 5) is 21.2. The van der Waals surface area contributed by atoms with E-state index < -0.39 is 0 Å². The minimum absolute atomic E-state index is 0.0780. The Morgan fingerprint density at radius 2 is 2.33 bits per heavy atom. The number of carbonyl (C=O) groups excluding carboxylic acids is 1. The molecule has 1 fully saturated rings. The normalized spacial score (nSPS) is 20.7. The fourth-order valence-electron chi connectivity index (χ4n) is 1.56. The summed E-state index contributed by atoms with van der Waals surface area (Å²) in [6.07, 6.45) is 3.59. The summed E-state index contributed by atoms with van der Waals surface area (Å²) in [5.41, 5.74) is 6.03. The van der Waals surface area contributed by atoms with Crippen LogP contribution in [0.4, 0.5) is 0 Å². The molecule has 0 saturated carbocycles. The molecule has 1 saturated heterocycles. The molecule has 0 aliphatic carbocycles. The van der Waals surface area contributed by atoms with E-state index in [-0.39, 0.29) is 17.1 Å². The molecule has 5 nitrogen and oxygen atoms in total. The number of amides is 1. The maximum Gasteiger partial charge on any atom is 0.274 e. The quantitative estimate of drug-likeness (QED) is 0.748. The van der Waals surface area contributed by atoms with Crippen LogP contribution in [0.3, 0.4) is 0 Å². The Morgan fingerprint density at radius 1 is 1.53 bits per heavy atom. The fourth-order valence-corrected chi connectivity index (χ4v) is 1.65. The Hall–Kier alpha value is -1.20. The SMILES string of the molecule is NC1CCN(C(=O)c2cnc(Cl)cn2)C1. The number of hydrogen-bond donors (Lipinski definition) is 1. The molecule has 1 aromatic heterocycles. The molecule has 0 bridgehead atoms. The Labute approximate surface area is 92.3 Å². The number of hydrogen-bond acceptors (Lipinski definition) is 4. The van der Waals surface area contributed by atoms with Gasteiger partial charge in [0.05, 0.1) is 12.4 Å². The third-order valence-corrected chi connectivity index (χ3v) is 2.55. The lowest BCUT2D eigenvalue weighted by molar-refractivity contribution is 0.0784. The summed E-state index contributed by atoms with van der Waals surface area (Å²) in [5, 5.41) is 0.282. The van der Waals surface area contributed by atoms with E-state index in [1.165, 1.54) is 12.4 Å². The average Bonchev–Trinajstić information content (AvgIpc) is 2.65. The number of aromatic nitrogens is 2. The summed E-state index contributed by atoms with van der Waals surface area (Å²) >= 11 is 5.58. The van der Waals surface area contributed by atoms with Crippen molar-refractivity contribution < 1.29 is 4.79 Å². The summed E-state index contributed by atoms with van der Waals surface area (Å²) in [7, 11) is 0. The van der Waals surface area contributed by atoms with Gasteiger partial charge in [-0.2, -0.15) is 0 Å². The molecule has 0 aromatic carbocycles. The molecule has 1 aromatic rings. The topological polar surface area (TPSA) is 72.1 Å². The molecule has 1 atom stereocenters. The highest BCUT2D eigenvalue weighted by molar-refractivity contribution is 6.29. The molecule has 2 N–H and O–H groups in total. The van der Waals surface area contributed by atoms with Gasteiger partial charge in [0.25, 0.3) is 5.91 Å². The summed E-state index contributed by atoms with van der Waals surface area (Å²) < 4.78 is 0. The lowest BCUT2D eigenvalue weighted by Crippen LogP contribution is -2.32. The van der Waals surface area contributed by atoms with E-state index in [1.807, 2.05) is 0 Å². The maximum absolute atomic E-state index is 11.8. The Balaban J connectivity index is 2.11. The monoisotopic (exact) mass is 226 g/mol. The number of carbonyl (C=O) groups is 1. The highest BCUT2D eigenvalue weighted by Gasteiger charge is 2.25. The average molecular weight is 227 g/mol. The van der Waals surface area contributed by atoms with Crippen molar-refractivity contribution in [1.82, 2.24) is 14.9 Å². The van der Waals surface area contributed by atoms with Crippen LogP contribution in [0.1, 0.15) is 16.9 Å². The molecule has 1 aliphatic heterocycles. The van der Waals surface area contributed by atoms with E-state index in [9.17, 15) is 4.79 Å². The van der Waals surface area contributed by atoms with E-state index in [2.05, 4.69) is 9.97 Å². The van der Waals surface area contributed by atoms with E-state index in [0.29, 0.717) is 18.8 Å². The first kappa shape index (κ1) is 10.3. The second-order valence-electron chi connectivity index (χ2n) is 3.52. The molecule has 0 spiro atoms. The van der Waals surface area contributed by atoms with Crippen molar-refractivity contribution in [3.05, 3.63) is 23.2 Å². The van der Waals surface area contributed by atoms with E-state index >= 15 is 0 Å². The zero-order valence-corrected chi connectivity index (χ0v) is 8.81. The molecule has 15 heavy (non-hydrogen) atoms. The molecule has 80 valence electrons. The smallest absolute Gasteiger partial charge is 0.274 e. The van der Waals surface area contributed by atoms with Gasteiger partial charge in [0.1, 0.15) is 10.8 Å². The van der Waals surface area contributed by atoms with E-state index in [0.717, 1.165) is 6.42 Å². The van der Waals surface area contributed by atoms with Crippen LogP contribution in [-0.4, -0.2) is 39.9 Å². The second-order valence-corrected chi connectivity index (χ2v) is 3.91. The summed E-state index contributed by atoms with van der Waals surface area (Å²) in [6, 6.07) is 0.0780. The zero-order valence-electron chi connectivity index (χ0n) is 8.06. The number of nitrogens with zero attached hydrogens (tertiary/aromatic N) is 3. The van der Waals surface area contributed by atoms with Crippen molar-refractivity contribution in [3.63, 3.8) is 0 Å². The first-order valence-corrected chi connectivity index (χ1v) is 5.07. The Morgan fingerprint density at radius 3 is 2.87 bits per heavy atom. The van der Waals surface area contributed by atoms with Crippen LogP contribution in [0.5, 0.6) is 0 Å². The first-order chi connectivity index (χ1) is 7.16. The van der Waals surface area contributed by atoms with Gasteiger partial charge in [-0.3, -0.25) is 4.79 Å². The molecule has 1 unspecified atom stereocenters. The van der Waals surface area contributed by atoms with E-state index in [1.54, 1.807) is 4.90 Å². The third-order valence-electron chi connectivity index (χ3n) is 2.35. The molecule has 2 heterocycles. The molecule has 6 heteroatoms. The highest BCUT2D eigenvalue weighted by atomic mass is 35.5. The minimum Gasteiger partial charge on any atom is -0.336 e. The van der Waals surface area contributed by atoms with Gasteiger partial charge in [-0.05, 0) is 6.42 Å². The molecule has 2 rings (SSSR count). The summed E-state index contributed by atoms with van der Waals surface area (Å²) in [5.74, 6) is -0.132. The van der Waals surface area contributed by atoms with Gasteiger partial charge in [0.15, 0.2) is 0 Å². The van der Waals surface area contributed by atoms with Crippen molar-refractivity contribution in [2.24, 2.45) is 5.73 Å². The fraction of sp³-hybridized carbons (Fsp3) is 0.444. The third kappa shape index (κ3) is 2.24. The Kier molecular flexibility index (Phi) is 2.83. The van der Waals surface area contributed by atoms with Gasteiger partial charge < -0.3 is 10.6 Å². The van der Waals surface area contributed by atoms with Gasteiger partial charge in [0.2, 0.25) is 0 Å². The Bertz CT molecular complexity index is 367. The molecule has 0 radical (unpaired) electrons. The van der Waals surface area contributed by atoms with Crippen molar-refractivity contribution >= 4 is 17.5 Å².